The van der Waals surface area contributed by atoms with E-state index in [1.807, 2.05) is 31.2 Å². The predicted molar refractivity (Wildman–Crippen MR) is 153 cm³/mol. The number of amides is 2. The van der Waals surface area contributed by atoms with Gasteiger partial charge in [0.05, 0.1) is 18.3 Å². The van der Waals surface area contributed by atoms with Crippen LogP contribution in [0, 0.1) is 6.92 Å². The van der Waals surface area contributed by atoms with Crippen LogP contribution in [-0.4, -0.2) is 28.9 Å². The Kier molecular flexibility index (Phi) is 7.81. The Balaban J connectivity index is 1.40. The number of aryl methyl sites for hydroxylation is 1. The van der Waals surface area contributed by atoms with E-state index in [0.29, 0.717) is 33.3 Å². The summed E-state index contributed by atoms with van der Waals surface area (Å²) in [5.74, 6) is 0.111. The van der Waals surface area contributed by atoms with E-state index in [2.05, 4.69) is 20.6 Å². The molecule has 2 N–H and O–H groups in total. The lowest BCUT2D eigenvalue weighted by molar-refractivity contribution is 0.0999. The summed E-state index contributed by atoms with van der Waals surface area (Å²) in [6.45, 7) is 2.04. The molecule has 0 fully saturated rings. The SMILES string of the molecule is COc1ccc(NC(=O)c2oc3ccccc3c2NC(=O)c2nc(SCc3ccccc3C)ncc2Cl)cc1. The molecule has 2 heterocycles. The van der Waals surface area contributed by atoms with Crippen LogP contribution in [0.3, 0.4) is 0 Å². The Morgan fingerprint density at radius 2 is 1.72 bits per heavy atom. The van der Waals surface area contributed by atoms with Crippen molar-refractivity contribution < 1.29 is 18.7 Å². The second-order valence-electron chi connectivity index (χ2n) is 8.50. The van der Waals surface area contributed by atoms with Gasteiger partial charge in [-0.15, -0.1) is 0 Å². The van der Waals surface area contributed by atoms with Gasteiger partial charge in [-0.3, -0.25) is 9.59 Å². The first-order valence-electron chi connectivity index (χ1n) is 11.9. The fourth-order valence-electron chi connectivity index (χ4n) is 3.86. The van der Waals surface area contributed by atoms with Crippen molar-refractivity contribution in [3.8, 4) is 5.75 Å². The molecular formula is C29H23ClN4O4S. The number of carbonyl (C=O) groups excluding carboxylic acids is 2. The minimum atomic E-state index is -0.592. The standard InChI is InChI=1S/C29H23ClN4O4S/c1-17-7-3-4-8-18(17)16-39-29-31-15-22(30)25(34-29)27(35)33-24-21-9-5-6-10-23(21)38-26(24)28(36)32-19-11-13-20(37-2)14-12-19/h3-15H,16H2,1-2H3,(H,32,36)(H,33,35). The van der Waals surface area contributed by atoms with Crippen molar-refractivity contribution >= 4 is 57.5 Å². The van der Waals surface area contributed by atoms with Gasteiger partial charge in [-0.25, -0.2) is 9.97 Å². The number of nitrogens with zero attached hydrogens (tertiary/aromatic N) is 2. The number of carbonyl (C=O) groups is 2. The number of thioether (sulfide) groups is 1. The highest BCUT2D eigenvalue weighted by atomic mass is 35.5. The summed E-state index contributed by atoms with van der Waals surface area (Å²) in [5, 5.41) is 6.63. The van der Waals surface area contributed by atoms with Gasteiger partial charge in [0, 0.05) is 16.8 Å². The van der Waals surface area contributed by atoms with Crippen LogP contribution in [0.1, 0.15) is 32.2 Å². The molecule has 0 aliphatic carbocycles. The van der Waals surface area contributed by atoms with Gasteiger partial charge < -0.3 is 19.8 Å². The number of methoxy groups -OCH3 is 1. The summed E-state index contributed by atoms with van der Waals surface area (Å²) in [6.07, 6.45) is 1.40. The number of nitrogens with one attached hydrogen (secondary N) is 2. The molecule has 0 aliphatic rings. The zero-order valence-corrected chi connectivity index (χ0v) is 22.6. The Labute approximate surface area is 233 Å². The summed E-state index contributed by atoms with van der Waals surface area (Å²) in [7, 11) is 1.56. The summed E-state index contributed by atoms with van der Waals surface area (Å²) < 4.78 is 11.0. The normalized spacial score (nSPS) is 10.8. The summed E-state index contributed by atoms with van der Waals surface area (Å²) in [5.41, 5.74) is 3.48. The quantitative estimate of drug-likeness (QED) is 0.156. The monoisotopic (exact) mass is 558 g/mol. The molecule has 2 amide bonds. The molecule has 8 nitrogen and oxygen atoms in total. The zero-order valence-electron chi connectivity index (χ0n) is 21.0. The van der Waals surface area contributed by atoms with Gasteiger partial charge in [0.2, 0.25) is 5.76 Å². The summed E-state index contributed by atoms with van der Waals surface area (Å²) >= 11 is 7.72. The van der Waals surface area contributed by atoms with Gasteiger partial charge in [0.15, 0.2) is 10.9 Å². The summed E-state index contributed by atoms with van der Waals surface area (Å²) in [6, 6.07) is 21.9. The van der Waals surface area contributed by atoms with Crippen LogP contribution < -0.4 is 15.4 Å². The Morgan fingerprint density at radius 3 is 2.49 bits per heavy atom. The number of aromatic nitrogens is 2. The van der Waals surface area contributed by atoms with Crippen LogP contribution in [0.5, 0.6) is 5.75 Å². The second-order valence-corrected chi connectivity index (χ2v) is 9.85. The van der Waals surface area contributed by atoms with Gasteiger partial charge in [0.1, 0.15) is 17.0 Å². The second kappa shape index (κ2) is 11.6. The van der Waals surface area contributed by atoms with Gasteiger partial charge >= 0.3 is 0 Å². The number of ether oxygens (including phenoxy) is 1. The van der Waals surface area contributed by atoms with Gasteiger partial charge in [-0.05, 0) is 54.4 Å². The Morgan fingerprint density at radius 1 is 0.974 bits per heavy atom. The smallest absolute Gasteiger partial charge is 0.293 e. The maximum atomic E-state index is 13.4. The van der Waals surface area contributed by atoms with E-state index in [0.717, 1.165) is 11.1 Å². The first-order chi connectivity index (χ1) is 18.9. The van der Waals surface area contributed by atoms with E-state index in [1.165, 1.54) is 18.0 Å². The lowest BCUT2D eigenvalue weighted by Gasteiger charge is -2.09. The Bertz CT molecular complexity index is 1670. The third kappa shape index (κ3) is 5.89. The highest BCUT2D eigenvalue weighted by molar-refractivity contribution is 7.98. The highest BCUT2D eigenvalue weighted by Gasteiger charge is 2.24. The minimum Gasteiger partial charge on any atom is -0.497 e. The number of hydrogen-bond acceptors (Lipinski definition) is 7. The lowest BCUT2D eigenvalue weighted by atomic mass is 10.1. The first-order valence-corrected chi connectivity index (χ1v) is 13.3. The summed E-state index contributed by atoms with van der Waals surface area (Å²) in [4.78, 5) is 35.2. The molecule has 0 radical (unpaired) electrons. The van der Waals surface area contributed by atoms with E-state index >= 15 is 0 Å². The van der Waals surface area contributed by atoms with Crippen LogP contribution in [0.2, 0.25) is 5.02 Å². The lowest BCUT2D eigenvalue weighted by Crippen LogP contribution is -2.18. The first kappa shape index (κ1) is 26.3. The fourth-order valence-corrected chi connectivity index (χ4v) is 4.93. The number of anilines is 2. The third-order valence-corrected chi connectivity index (χ3v) is 7.13. The topological polar surface area (TPSA) is 106 Å². The number of halogens is 1. The van der Waals surface area contributed by atoms with Crippen molar-refractivity contribution in [3.63, 3.8) is 0 Å². The van der Waals surface area contributed by atoms with Crippen molar-refractivity contribution in [2.24, 2.45) is 0 Å². The molecule has 0 saturated heterocycles. The van der Waals surface area contributed by atoms with Crippen molar-refractivity contribution in [2.45, 2.75) is 17.8 Å². The van der Waals surface area contributed by atoms with Crippen LogP contribution in [0.15, 0.2) is 88.6 Å². The molecule has 0 spiro atoms. The van der Waals surface area contributed by atoms with Crippen molar-refractivity contribution in [3.05, 3.63) is 107 Å². The number of fused-ring (bicyclic) bond motifs is 1. The molecule has 0 atom stereocenters. The van der Waals surface area contributed by atoms with E-state index in [9.17, 15) is 9.59 Å². The molecule has 0 aliphatic heterocycles. The largest absolute Gasteiger partial charge is 0.497 e. The van der Waals surface area contributed by atoms with Crippen LogP contribution in [0.25, 0.3) is 11.0 Å². The molecule has 2 aromatic heterocycles. The number of rotatable bonds is 8. The van der Waals surface area contributed by atoms with E-state index < -0.39 is 11.8 Å². The highest BCUT2D eigenvalue weighted by Crippen LogP contribution is 2.33. The maximum absolute atomic E-state index is 13.4. The maximum Gasteiger partial charge on any atom is 0.293 e. The zero-order chi connectivity index (χ0) is 27.4. The molecule has 39 heavy (non-hydrogen) atoms. The number of hydrogen-bond donors (Lipinski definition) is 2. The molecule has 3 aromatic carbocycles. The van der Waals surface area contributed by atoms with Gasteiger partial charge in [-0.1, -0.05) is 59.8 Å². The average molecular weight is 559 g/mol. The van der Waals surface area contributed by atoms with Gasteiger partial charge in [0.25, 0.3) is 11.8 Å². The molecule has 196 valence electrons. The van der Waals surface area contributed by atoms with E-state index in [-0.39, 0.29) is 22.2 Å². The van der Waals surface area contributed by atoms with Crippen molar-refractivity contribution in [1.82, 2.24) is 9.97 Å². The van der Waals surface area contributed by atoms with Crippen LogP contribution in [0.4, 0.5) is 11.4 Å². The number of benzene rings is 3. The van der Waals surface area contributed by atoms with Crippen LogP contribution >= 0.6 is 23.4 Å². The van der Waals surface area contributed by atoms with Crippen LogP contribution in [-0.2, 0) is 5.75 Å². The Hall–Kier alpha value is -4.34. The molecule has 5 rings (SSSR count). The van der Waals surface area contributed by atoms with Crippen molar-refractivity contribution in [1.29, 1.82) is 0 Å². The predicted octanol–water partition coefficient (Wildman–Crippen LogP) is 6.99. The number of furan rings is 1. The molecule has 0 unspecified atom stereocenters. The van der Waals surface area contributed by atoms with Gasteiger partial charge in [-0.2, -0.15) is 0 Å². The third-order valence-electron chi connectivity index (χ3n) is 5.94. The van der Waals surface area contributed by atoms with E-state index in [1.54, 1.807) is 55.6 Å². The van der Waals surface area contributed by atoms with E-state index in [4.69, 9.17) is 20.8 Å². The average Bonchev–Trinajstić information content (AvgIpc) is 3.32. The number of para-hydroxylation sites is 1. The molecule has 0 saturated carbocycles. The molecule has 10 heteroatoms. The fraction of sp³-hybridized carbons (Fsp3) is 0.103. The minimum absolute atomic E-state index is 0.00857. The molecule has 5 aromatic rings. The molecular weight excluding hydrogens is 536 g/mol. The van der Waals surface area contributed by atoms with Crippen molar-refractivity contribution in [2.75, 3.05) is 17.7 Å². The molecule has 0 bridgehead atoms.